The SMILES string of the molecule is CCN(CC)Cc1cccc(NCc2cncs2)c1. The molecule has 0 radical (unpaired) electrons. The fourth-order valence-electron chi connectivity index (χ4n) is 2.00. The highest BCUT2D eigenvalue weighted by atomic mass is 32.1. The van der Waals surface area contributed by atoms with Crippen molar-refractivity contribution in [2.75, 3.05) is 18.4 Å². The Morgan fingerprint density at radius 3 is 2.79 bits per heavy atom. The Kier molecular flexibility index (Phi) is 5.36. The molecule has 0 spiro atoms. The topological polar surface area (TPSA) is 28.2 Å². The van der Waals surface area contributed by atoms with Gasteiger partial charge in [-0.2, -0.15) is 0 Å². The Labute approximate surface area is 119 Å². The summed E-state index contributed by atoms with van der Waals surface area (Å²) in [6.45, 7) is 8.46. The zero-order chi connectivity index (χ0) is 13.5. The lowest BCUT2D eigenvalue weighted by Gasteiger charge is -2.18. The number of hydrogen-bond donors (Lipinski definition) is 1. The second-order valence-electron chi connectivity index (χ2n) is 4.48. The number of aromatic nitrogens is 1. The summed E-state index contributed by atoms with van der Waals surface area (Å²) in [5.74, 6) is 0. The zero-order valence-corrected chi connectivity index (χ0v) is 12.4. The second kappa shape index (κ2) is 7.26. The van der Waals surface area contributed by atoms with Crippen LogP contribution in [0.25, 0.3) is 0 Å². The van der Waals surface area contributed by atoms with Crippen molar-refractivity contribution in [3.8, 4) is 0 Å². The third kappa shape index (κ3) is 4.33. The molecule has 19 heavy (non-hydrogen) atoms. The summed E-state index contributed by atoms with van der Waals surface area (Å²) < 4.78 is 0. The first-order valence-electron chi connectivity index (χ1n) is 6.74. The van der Waals surface area contributed by atoms with Crippen molar-refractivity contribution in [2.45, 2.75) is 26.9 Å². The normalized spacial score (nSPS) is 10.9. The van der Waals surface area contributed by atoms with Crippen LogP contribution in [0, 0.1) is 0 Å². The molecule has 0 aliphatic heterocycles. The summed E-state index contributed by atoms with van der Waals surface area (Å²) in [4.78, 5) is 7.76. The Bertz CT molecular complexity index is 478. The lowest BCUT2D eigenvalue weighted by molar-refractivity contribution is 0.296. The van der Waals surface area contributed by atoms with Gasteiger partial charge in [-0.1, -0.05) is 26.0 Å². The fraction of sp³-hybridized carbons (Fsp3) is 0.400. The molecule has 0 bridgehead atoms. The van der Waals surface area contributed by atoms with Gasteiger partial charge in [0, 0.05) is 23.3 Å². The minimum absolute atomic E-state index is 0.847. The lowest BCUT2D eigenvalue weighted by atomic mass is 10.2. The number of hydrogen-bond acceptors (Lipinski definition) is 4. The number of benzene rings is 1. The average molecular weight is 275 g/mol. The molecule has 0 amide bonds. The summed E-state index contributed by atoms with van der Waals surface area (Å²) >= 11 is 1.68. The Balaban J connectivity index is 1.94. The van der Waals surface area contributed by atoms with Crippen LogP contribution in [0.15, 0.2) is 36.0 Å². The predicted octanol–water partition coefficient (Wildman–Crippen LogP) is 3.60. The molecular weight excluding hydrogens is 254 g/mol. The standard InChI is InChI=1S/C15H21N3S/c1-3-18(4-2)11-13-6-5-7-14(8-13)17-10-15-9-16-12-19-15/h5-9,12,17H,3-4,10-11H2,1-2H3. The van der Waals surface area contributed by atoms with Crippen molar-refractivity contribution in [2.24, 2.45) is 0 Å². The van der Waals surface area contributed by atoms with Gasteiger partial charge in [0.15, 0.2) is 0 Å². The summed E-state index contributed by atoms with van der Waals surface area (Å²) in [6, 6.07) is 8.66. The van der Waals surface area contributed by atoms with Gasteiger partial charge in [0.05, 0.1) is 12.1 Å². The van der Waals surface area contributed by atoms with Crippen molar-refractivity contribution >= 4 is 17.0 Å². The van der Waals surface area contributed by atoms with Crippen molar-refractivity contribution in [1.29, 1.82) is 0 Å². The van der Waals surface area contributed by atoms with Gasteiger partial charge in [-0.25, -0.2) is 0 Å². The quantitative estimate of drug-likeness (QED) is 0.837. The molecule has 1 aromatic carbocycles. The van der Waals surface area contributed by atoms with E-state index < -0.39 is 0 Å². The highest BCUT2D eigenvalue weighted by Gasteiger charge is 2.02. The van der Waals surface area contributed by atoms with Gasteiger partial charge in [-0.05, 0) is 30.8 Å². The van der Waals surface area contributed by atoms with Crippen molar-refractivity contribution in [1.82, 2.24) is 9.88 Å². The highest BCUT2D eigenvalue weighted by Crippen LogP contribution is 2.15. The van der Waals surface area contributed by atoms with Gasteiger partial charge in [0.2, 0.25) is 0 Å². The van der Waals surface area contributed by atoms with E-state index in [0.717, 1.165) is 26.2 Å². The van der Waals surface area contributed by atoms with Crippen LogP contribution in [-0.2, 0) is 13.1 Å². The molecule has 0 saturated heterocycles. The maximum atomic E-state index is 4.09. The van der Waals surface area contributed by atoms with E-state index in [0.29, 0.717) is 0 Å². The van der Waals surface area contributed by atoms with Gasteiger partial charge >= 0.3 is 0 Å². The third-order valence-electron chi connectivity index (χ3n) is 3.18. The number of nitrogens with one attached hydrogen (secondary N) is 1. The third-order valence-corrected chi connectivity index (χ3v) is 3.96. The Morgan fingerprint density at radius 1 is 1.26 bits per heavy atom. The van der Waals surface area contributed by atoms with Crippen LogP contribution in [0.2, 0.25) is 0 Å². The summed E-state index contributed by atoms with van der Waals surface area (Å²) in [6.07, 6.45) is 1.91. The Hall–Kier alpha value is -1.39. The molecule has 102 valence electrons. The smallest absolute Gasteiger partial charge is 0.0794 e. The van der Waals surface area contributed by atoms with Gasteiger partial charge in [-0.3, -0.25) is 9.88 Å². The minimum atomic E-state index is 0.847. The van der Waals surface area contributed by atoms with Crippen LogP contribution in [0.4, 0.5) is 5.69 Å². The maximum Gasteiger partial charge on any atom is 0.0794 e. The summed E-state index contributed by atoms with van der Waals surface area (Å²) in [5.41, 5.74) is 4.41. The van der Waals surface area contributed by atoms with Crippen LogP contribution >= 0.6 is 11.3 Å². The van der Waals surface area contributed by atoms with Crippen molar-refractivity contribution in [3.05, 3.63) is 46.4 Å². The van der Waals surface area contributed by atoms with Crippen LogP contribution in [0.3, 0.4) is 0 Å². The van der Waals surface area contributed by atoms with E-state index in [2.05, 4.69) is 53.3 Å². The van der Waals surface area contributed by atoms with Crippen LogP contribution in [-0.4, -0.2) is 23.0 Å². The van der Waals surface area contributed by atoms with Gasteiger partial charge in [0.25, 0.3) is 0 Å². The lowest BCUT2D eigenvalue weighted by Crippen LogP contribution is -2.22. The van der Waals surface area contributed by atoms with E-state index in [9.17, 15) is 0 Å². The van der Waals surface area contributed by atoms with E-state index >= 15 is 0 Å². The van der Waals surface area contributed by atoms with Gasteiger partial charge in [0.1, 0.15) is 0 Å². The molecule has 0 atom stereocenters. The molecule has 3 nitrogen and oxygen atoms in total. The largest absolute Gasteiger partial charge is 0.380 e. The number of rotatable bonds is 7. The molecule has 0 unspecified atom stereocenters. The van der Waals surface area contributed by atoms with Crippen LogP contribution in [0.5, 0.6) is 0 Å². The molecule has 1 N–H and O–H groups in total. The minimum Gasteiger partial charge on any atom is -0.380 e. The van der Waals surface area contributed by atoms with E-state index in [1.54, 1.807) is 11.3 Å². The van der Waals surface area contributed by atoms with Crippen LogP contribution < -0.4 is 5.32 Å². The summed E-state index contributed by atoms with van der Waals surface area (Å²) in [5, 5.41) is 3.45. The molecule has 1 heterocycles. The first-order valence-corrected chi connectivity index (χ1v) is 7.62. The molecule has 0 fully saturated rings. The number of nitrogens with zero attached hydrogens (tertiary/aromatic N) is 2. The molecular formula is C15H21N3S. The van der Waals surface area contributed by atoms with E-state index in [-0.39, 0.29) is 0 Å². The zero-order valence-electron chi connectivity index (χ0n) is 11.6. The van der Waals surface area contributed by atoms with E-state index in [4.69, 9.17) is 0 Å². The predicted molar refractivity (Wildman–Crippen MR) is 82.5 cm³/mol. The van der Waals surface area contributed by atoms with E-state index in [1.807, 2.05) is 11.7 Å². The van der Waals surface area contributed by atoms with Crippen LogP contribution in [0.1, 0.15) is 24.3 Å². The van der Waals surface area contributed by atoms with Gasteiger partial charge in [-0.15, -0.1) is 11.3 Å². The van der Waals surface area contributed by atoms with Gasteiger partial charge < -0.3 is 5.32 Å². The first kappa shape index (κ1) is 14.0. The molecule has 4 heteroatoms. The summed E-state index contributed by atoms with van der Waals surface area (Å²) in [7, 11) is 0. The first-order chi connectivity index (χ1) is 9.31. The second-order valence-corrected chi connectivity index (χ2v) is 5.45. The Morgan fingerprint density at radius 2 is 2.11 bits per heavy atom. The van der Waals surface area contributed by atoms with E-state index in [1.165, 1.54) is 16.1 Å². The average Bonchev–Trinajstić information content (AvgIpc) is 2.96. The molecule has 0 saturated carbocycles. The molecule has 2 aromatic rings. The monoisotopic (exact) mass is 275 g/mol. The number of thiazole rings is 1. The molecule has 1 aromatic heterocycles. The fourth-order valence-corrected chi connectivity index (χ4v) is 2.54. The number of anilines is 1. The molecule has 0 aliphatic rings. The molecule has 0 aliphatic carbocycles. The van der Waals surface area contributed by atoms with Crippen molar-refractivity contribution < 1.29 is 0 Å². The maximum absolute atomic E-state index is 4.09. The van der Waals surface area contributed by atoms with Crippen molar-refractivity contribution in [3.63, 3.8) is 0 Å². The highest BCUT2D eigenvalue weighted by molar-refractivity contribution is 7.09. The molecule has 2 rings (SSSR count).